The Morgan fingerprint density at radius 3 is 2.62 bits per heavy atom. The van der Waals surface area contributed by atoms with Crippen LogP contribution in [-0.4, -0.2) is 13.7 Å². The maximum absolute atomic E-state index is 13.9. The molecule has 0 spiro atoms. The fourth-order valence-corrected chi connectivity index (χ4v) is 2.63. The van der Waals surface area contributed by atoms with Crippen molar-refractivity contribution >= 4 is 11.6 Å². The Morgan fingerprint density at radius 2 is 1.95 bits per heavy atom. The Kier molecular flexibility index (Phi) is 5.59. The van der Waals surface area contributed by atoms with Crippen LogP contribution in [0.5, 0.6) is 5.75 Å². The van der Waals surface area contributed by atoms with Crippen LogP contribution in [0.15, 0.2) is 42.5 Å². The number of hydrogen-bond donors (Lipinski definition) is 1. The molecule has 0 aromatic heterocycles. The van der Waals surface area contributed by atoms with Gasteiger partial charge in [0.25, 0.3) is 0 Å². The van der Waals surface area contributed by atoms with E-state index in [1.807, 2.05) is 24.3 Å². The van der Waals surface area contributed by atoms with Crippen LogP contribution in [0.25, 0.3) is 0 Å². The van der Waals surface area contributed by atoms with Gasteiger partial charge in [-0.3, -0.25) is 0 Å². The van der Waals surface area contributed by atoms with Crippen LogP contribution < -0.4 is 10.5 Å². The Balaban J connectivity index is 2.13. The molecule has 0 aliphatic rings. The molecule has 0 aliphatic heterocycles. The number of hydrogen-bond acceptors (Lipinski definition) is 2. The molecule has 2 aromatic carbocycles. The van der Waals surface area contributed by atoms with E-state index in [0.717, 1.165) is 17.7 Å². The molecule has 0 bridgehead atoms. The van der Waals surface area contributed by atoms with Crippen molar-refractivity contribution in [2.45, 2.75) is 12.8 Å². The lowest BCUT2D eigenvalue weighted by Crippen LogP contribution is -2.20. The molecule has 21 heavy (non-hydrogen) atoms. The van der Waals surface area contributed by atoms with Gasteiger partial charge in [-0.05, 0) is 55.1 Å². The largest absolute Gasteiger partial charge is 0.497 e. The quantitative estimate of drug-likeness (QED) is 0.880. The molecule has 0 fully saturated rings. The van der Waals surface area contributed by atoms with Crippen molar-refractivity contribution in [3.05, 3.63) is 64.4 Å². The van der Waals surface area contributed by atoms with Crippen molar-refractivity contribution in [3.8, 4) is 5.75 Å². The minimum absolute atomic E-state index is 0.131. The zero-order valence-electron chi connectivity index (χ0n) is 12.0. The first-order valence-corrected chi connectivity index (χ1v) is 7.27. The van der Waals surface area contributed by atoms with Crippen molar-refractivity contribution in [1.29, 1.82) is 0 Å². The van der Waals surface area contributed by atoms with E-state index >= 15 is 0 Å². The van der Waals surface area contributed by atoms with Gasteiger partial charge in [-0.15, -0.1) is 0 Å². The summed E-state index contributed by atoms with van der Waals surface area (Å²) < 4.78 is 19.1. The molecule has 2 aromatic rings. The van der Waals surface area contributed by atoms with Crippen LogP contribution in [0.3, 0.4) is 0 Å². The van der Waals surface area contributed by atoms with E-state index in [0.29, 0.717) is 23.6 Å². The third-order valence-corrected chi connectivity index (χ3v) is 3.90. The first kappa shape index (κ1) is 15.8. The molecule has 112 valence electrons. The molecule has 0 radical (unpaired) electrons. The molecule has 1 atom stereocenters. The van der Waals surface area contributed by atoms with Gasteiger partial charge in [-0.2, -0.15) is 0 Å². The third-order valence-electron chi connectivity index (χ3n) is 3.55. The number of methoxy groups -OCH3 is 1. The Labute approximate surface area is 129 Å². The van der Waals surface area contributed by atoms with Gasteiger partial charge in [-0.1, -0.05) is 29.8 Å². The van der Waals surface area contributed by atoms with E-state index in [2.05, 4.69) is 0 Å². The van der Waals surface area contributed by atoms with E-state index in [9.17, 15) is 4.39 Å². The van der Waals surface area contributed by atoms with Gasteiger partial charge in [-0.25, -0.2) is 4.39 Å². The predicted molar refractivity (Wildman–Crippen MR) is 84.4 cm³/mol. The highest BCUT2D eigenvalue weighted by Crippen LogP contribution is 2.24. The molecular formula is C17H19ClFNO. The lowest BCUT2D eigenvalue weighted by Gasteiger charge is -2.16. The minimum atomic E-state index is -0.272. The number of ether oxygens (including phenoxy) is 1. The fourth-order valence-electron chi connectivity index (χ4n) is 2.39. The van der Waals surface area contributed by atoms with Crippen molar-refractivity contribution in [2.24, 2.45) is 11.7 Å². The maximum atomic E-state index is 13.9. The van der Waals surface area contributed by atoms with Gasteiger partial charge in [0.05, 0.1) is 7.11 Å². The molecule has 2 rings (SSSR count). The Hall–Kier alpha value is -1.58. The maximum Gasteiger partial charge on any atom is 0.127 e. The SMILES string of the molecule is COc1cccc(CC(CN)Cc2c(F)cccc2Cl)c1. The van der Waals surface area contributed by atoms with Gasteiger partial charge in [0.2, 0.25) is 0 Å². The second kappa shape index (κ2) is 7.43. The summed E-state index contributed by atoms with van der Waals surface area (Å²) in [7, 11) is 1.64. The van der Waals surface area contributed by atoms with Crippen molar-refractivity contribution in [1.82, 2.24) is 0 Å². The lowest BCUT2D eigenvalue weighted by molar-refractivity contribution is 0.413. The summed E-state index contributed by atoms with van der Waals surface area (Å²) >= 11 is 6.08. The van der Waals surface area contributed by atoms with Crippen molar-refractivity contribution in [2.75, 3.05) is 13.7 Å². The third kappa shape index (κ3) is 4.19. The predicted octanol–water partition coefficient (Wildman–Crippen LogP) is 3.85. The summed E-state index contributed by atoms with van der Waals surface area (Å²) in [6.45, 7) is 0.474. The number of rotatable bonds is 6. The van der Waals surface area contributed by atoms with Crippen molar-refractivity contribution < 1.29 is 9.13 Å². The summed E-state index contributed by atoms with van der Waals surface area (Å²) in [5.74, 6) is 0.672. The first-order chi connectivity index (χ1) is 10.1. The van der Waals surface area contributed by atoms with Crippen LogP contribution in [0.4, 0.5) is 4.39 Å². The van der Waals surface area contributed by atoms with Crippen LogP contribution in [0.1, 0.15) is 11.1 Å². The first-order valence-electron chi connectivity index (χ1n) is 6.90. The van der Waals surface area contributed by atoms with Crippen molar-refractivity contribution in [3.63, 3.8) is 0 Å². The molecule has 1 unspecified atom stereocenters. The van der Waals surface area contributed by atoms with Gasteiger partial charge in [0.15, 0.2) is 0 Å². The van der Waals surface area contributed by atoms with Crippen LogP contribution >= 0.6 is 11.6 Å². The van der Waals surface area contributed by atoms with Gasteiger partial charge < -0.3 is 10.5 Å². The van der Waals surface area contributed by atoms with E-state index in [1.165, 1.54) is 6.07 Å². The highest BCUT2D eigenvalue weighted by molar-refractivity contribution is 6.31. The highest BCUT2D eigenvalue weighted by Gasteiger charge is 2.15. The summed E-state index contributed by atoms with van der Waals surface area (Å²) in [6.07, 6.45) is 1.29. The second-order valence-corrected chi connectivity index (χ2v) is 5.47. The van der Waals surface area contributed by atoms with Gasteiger partial charge >= 0.3 is 0 Å². The minimum Gasteiger partial charge on any atom is -0.497 e. The van der Waals surface area contributed by atoms with E-state index in [4.69, 9.17) is 22.1 Å². The summed E-state index contributed by atoms with van der Waals surface area (Å²) in [5, 5.41) is 0.457. The summed E-state index contributed by atoms with van der Waals surface area (Å²) in [6, 6.07) is 12.6. The monoisotopic (exact) mass is 307 g/mol. The molecule has 0 heterocycles. The number of benzene rings is 2. The fraction of sp³-hybridized carbons (Fsp3) is 0.294. The average molecular weight is 308 g/mol. The normalized spacial score (nSPS) is 12.2. The van der Waals surface area contributed by atoms with Crippen LogP contribution in [-0.2, 0) is 12.8 Å². The van der Waals surface area contributed by atoms with Gasteiger partial charge in [0, 0.05) is 10.6 Å². The molecule has 4 heteroatoms. The topological polar surface area (TPSA) is 35.2 Å². The molecule has 0 aliphatic carbocycles. The number of nitrogens with two attached hydrogens (primary N) is 1. The molecule has 0 amide bonds. The van der Waals surface area contributed by atoms with Gasteiger partial charge in [0.1, 0.15) is 11.6 Å². The molecule has 0 saturated heterocycles. The second-order valence-electron chi connectivity index (χ2n) is 5.06. The van der Waals surface area contributed by atoms with E-state index in [-0.39, 0.29) is 11.7 Å². The average Bonchev–Trinajstić information content (AvgIpc) is 2.50. The molecule has 0 saturated carbocycles. The summed E-state index contributed by atoms with van der Waals surface area (Å²) in [5.41, 5.74) is 7.50. The smallest absolute Gasteiger partial charge is 0.127 e. The van der Waals surface area contributed by atoms with Crippen LogP contribution in [0, 0.1) is 11.7 Å². The Morgan fingerprint density at radius 1 is 1.19 bits per heavy atom. The zero-order valence-corrected chi connectivity index (χ0v) is 12.7. The van der Waals surface area contributed by atoms with Crippen LogP contribution in [0.2, 0.25) is 5.02 Å². The lowest BCUT2D eigenvalue weighted by atomic mass is 9.92. The zero-order chi connectivity index (χ0) is 15.2. The number of halogens is 2. The summed E-state index contributed by atoms with van der Waals surface area (Å²) in [4.78, 5) is 0. The van der Waals surface area contributed by atoms with E-state index < -0.39 is 0 Å². The Bertz CT molecular complexity index is 583. The highest BCUT2D eigenvalue weighted by atomic mass is 35.5. The molecule has 2 nitrogen and oxygen atoms in total. The molecular weight excluding hydrogens is 289 g/mol. The van der Waals surface area contributed by atoms with E-state index in [1.54, 1.807) is 19.2 Å². The molecule has 2 N–H and O–H groups in total. The standard InChI is InChI=1S/C17H19ClFNO/c1-21-14-5-2-4-12(9-14)8-13(11-20)10-15-16(18)6-3-7-17(15)19/h2-7,9,13H,8,10-11,20H2,1H3.